The molecular weight excluding hydrogens is 142 g/mol. The van der Waals surface area contributed by atoms with Crippen molar-refractivity contribution in [2.75, 3.05) is 0 Å². The number of allylic oxidation sites excluding steroid dienone is 1. The number of rotatable bonds is 0. The summed E-state index contributed by atoms with van der Waals surface area (Å²) in [5.41, 5.74) is 0.00287. The van der Waals surface area contributed by atoms with E-state index in [1.165, 1.54) is 0 Å². The van der Waals surface area contributed by atoms with Gasteiger partial charge in [0.2, 0.25) is 0 Å². The molecule has 5 nitrogen and oxygen atoms in total. The highest BCUT2D eigenvalue weighted by Gasteiger charge is 2.19. The Balaban J connectivity index is 3.19. The Morgan fingerprint density at radius 3 is 1.82 bits per heavy atom. The van der Waals surface area contributed by atoms with Gasteiger partial charge in [-0.15, -0.1) is 10.2 Å². The molecule has 0 aromatic carbocycles. The van der Waals surface area contributed by atoms with Gasteiger partial charge >= 0.3 is 0 Å². The van der Waals surface area contributed by atoms with E-state index in [1.807, 2.05) is 5.87 Å². The summed E-state index contributed by atoms with van der Waals surface area (Å²) in [7, 11) is 0. The van der Waals surface area contributed by atoms with Crippen LogP contribution in [0.15, 0.2) is 15.8 Å². The molecule has 0 aromatic heterocycles. The summed E-state index contributed by atoms with van der Waals surface area (Å²) >= 11 is 0. The van der Waals surface area contributed by atoms with Crippen molar-refractivity contribution in [2.45, 2.75) is 0 Å². The number of nitriles is 2. The molecule has 11 heavy (non-hydrogen) atoms. The van der Waals surface area contributed by atoms with E-state index in [2.05, 4.69) is 10.2 Å². The summed E-state index contributed by atoms with van der Waals surface area (Å²) < 4.78 is 0. The molecule has 0 bridgehead atoms. The van der Waals surface area contributed by atoms with Gasteiger partial charge in [0.05, 0.1) is 0 Å². The maximum Gasteiger partial charge on any atom is 0.182 e. The molecule has 0 saturated heterocycles. The molecule has 1 N–H and O–H groups in total. The lowest BCUT2D eigenvalue weighted by atomic mass is 10.1. The number of nitrogens with one attached hydrogen (secondary N) is 1. The highest BCUT2D eigenvalue weighted by molar-refractivity contribution is 6.39. The second-order valence-corrected chi connectivity index (χ2v) is 1.62. The van der Waals surface area contributed by atoms with Crippen LogP contribution in [0.1, 0.15) is 0 Å². The summed E-state index contributed by atoms with van der Waals surface area (Å²) in [5.74, 6) is 1.93. The molecule has 5 heteroatoms. The number of nitrogens with zero attached hydrogens (tertiary/aromatic N) is 4. The topological polar surface area (TPSA) is 96.2 Å². The highest BCUT2D eigenvalue weighted by Crippen LogP contribution is 2.05. The maximum atomic E-state index is 8.37. The standard InChI is InChI=1S/C6HN5/c7-1-4-5(2-8)10-11-6(4)3-9/h7H. The smallest absolute Gasteiger partial charge is 0.182 e. The van der Waals surface area contributed by atoms with Crippen molar-refractivity contribution in [3.8, 4) is 12.1 Å². The normalized spacial score (nSPS) is 14.2. The van der Waals surface area contributed by atoms with E-state index in [-0.39, 0.29) is 17.0 Å². The third-order valence-electron chi connectivity index (χ3n) is 1.06. The van der Waals surface area contributed by atoms with Gasteiger partial charge in [0.1, 0.15) is 17.7 Å². The van der Waals surface area contributed by atoms with Crippen LogP contribution in [0, 0.1) is 28.1 Å². The zero-order chi connectivity index (χ0) is 8.27. The molecule has 0 radical (unpaired) electrons. The van der Waals surface area contributed by atoms with E-state index in [1.54, 1.807) is 12.1 Å². The highest BCUT2D eigenvalue weighted by atomic mass is 15.2. The maximum absolute atomic E-state index is 8.37. The van der Waals surface area contributed by atoms with E-state index in [0.717, 1.165) is 0 Å². The average molecular weight is 143 g/mol. The van der Waals surface area contributed by atoms with Crippen LogP contribution < -0.4 is 0 Å². The van der Waals surface area contributed by atoms with Gasteiger partial charge in [0.25, 0.3) is 0 Å². The zero-order valence-electron chi connectivity index (χ0n) is 5.29. The van der Waals surface area contributed by atoms with Crippen LogP contribution in [0.25, 0.3) is 0 Å². The Hall–Kier alpha value is -2.23. The van der Waals surface area contributed by atoms with E-state index < -0.39 is 0 Å². The molecular formula is C6HN5. The fourth-order valence-electron chi connectivity index (χ4n) is 0.587. The van der Waals surface area contributed by atoms with Crippen LogP contribution >= 0.6 is 0 Å². The van der Waals surface area contributed by atoms with E-state index in [0.29, 0.717) is 0 Å². The average Bonchev–Trinajstić information content (AvgIpc) is 2.45. The quantitative estimate of drug-likeness (QED) is 0.483. The lowest BCUT2D eigenvalue weighted by Crippen LogP contribution is -2.04. The first-order valence-electron chi connectivity index (χ1n) is 2.59. The van der Waals surface area contributed by atoms with E-state index in [4.69, 9.17) is 15.9 Å². The molecule has 1 aliphatic rings. The Labute approximate surface area is 62.1 Å². The van der Waals surface area contributed by atoms with Crippen LogP contribution in [-0.4, -0.2) is 17.3 Å². The van der Waals surface area contributed by atoms with Gasteiger partial charge in [-0.2, -0.15) is 10.5 Å². The van der Waals surface area contributed by atoms with Crippen LogP contribution in [0.3, 0.4) is 0 Å². The number of hydrogen-bond acceptors (Lipinski definition) is 5. The fraction of sp³-hybridized carbons (Fsp3) is 0. The fourth-order valence-corrected chi connectivity index (χ4v) is 0.587. The molecule has 1 heterocycles. The summed E-state index contributed by atoms with van der Waals surface area (Å²) in [6.45, 7) is 0. The molecule has 0 spiro atoms. The largest absolute Gasteiger partial charge is 0.258 e. The van der Waals surface area contributed by atoms with Crippen molar-refractivity contribution in [1.29, 1.82) is 15.9 Å². The van der Waals surface area contributed by atoms with Gasteiger partial charge in [-0.05, 0) is 5.87 Å². The van der Waals surface area contributed by atoms with Gasteiger partial charge in [-0.25, -0.2) is 0 Å². The first kappa shape index (κ1) is 6.88. The van der Waals surface area contributed by atoms with Crippen molar-refractivity contribution >= 4 is 17.3 Å². The van der Waals surface area contributed by atoms with Crippen LogP contribution in [0.4, 0.5) is 0 Å². The molecule has 0 aliphatic carbocycles. The van der Waals surface area contributed by atoms with Crippen LogP contribution in [0.2, 0.25) is 0 Å². The van der Waals surface area contributed by atoms with Crippen molar-refractivity contribution in [1.82, 2.24) is 0 Å². The molecule has 1 aliphatic heterocycles. The van der Waals surface area contributed by atoms with Gasteiger partial charge in [0, 0.05) is 0 Å². The number of hydrogen-bond donors (Lipinski definition) is 1. The van der Waals surface area contributed by atoms with Crippen molar-refractivity contribution in [3.05, 3.63) is 5.57 Å². The van der Waals surface area contributed by atoms with E-state index >= 15 is 0 Å². The Kier molecular flexibility index (Phi) is 1.61. The van der Waals surface area contributed by atoms with Gasteiger partial charge in [0.15, 0.2) is 11.4 Å². The van der Waals surface area contributed by atoms with Crippen LogP contribution in [-0.2, 0) is 0 Å². The van der Waals surface area contributed by atoms with Crippen LogP contribution in [0.5, 0.6) is 0 Å². The minimum atomic E-state index is -0.0310. The summed E-state index contributed by atoms with van der Waals surface area (Å²) in [6, 6.07) is 3.39. The first-order valence-corrected chi connectivity index (χ1v) is 2.59. The molecule has 50 valence electrons. The first-order chi connectivity index (χ1) is 5.33. The third-order valence-corrected chi connectivity index (χ3v) is 1.06. The SMILES string of the molecule is N#CC1=NN=C(C#N)C1=C=N. The zero-order valence-corrected chi connectivity index (χ0v) is 5.29. The second kappa shape index (κ2) is 2.57. The molecule has 0 fully saturated rings. The van der Waals surface area contributed by atoms with E-state index in [9.17, 15) is 0 Å². The minimum absolute atomic E-state index is 0.0310. The second-order valence-electron chi connectivity index (χ2n) is 1.62. The lowest BCUT2D eigenvalue weighted by molar-refractivity contribution is 1.27. The molecule has 1 rings (SSSR count). The Morgan fingerprint density at radius 1 is 1.09 bits per heavy atom. The summed E-state index contributed by atoms with van der Waals surface area (Å²) in [6.07, 6.45) is 0. The Morgan fingerprint density at radius 2 is 1.55 bits per heavy atom. The van der Waals surface area contributed by atoms with Crippen molar-refractivity contribution in [2.24, 2.45) is 10.2 Å². The molecule has 0 unspecified atom stereocenters. The van der Waals surface area contributed by atoms with Gasteiger partial charge in [-0.1, -0.05) is 0 Å². The summed E-state index contributed by atoms with van der Waals surface area (Å²) in [4.78, 5) is 0. The van der Waals surface area contributed by atoms with Gasteiger partial charge in [-0.3, -0.25) is 5.41 Å². The monoisotopic (exact) mass is 143 g/mol. The Bertz CT molecular complexity index is 348. The molecule has 0 amide bonds. The van der Waals surface area contributed by atoms with Gasteiger partial charge < -0.3 is 0 Å². The lowest BCUT2D eigenvalue weighted by Gasteiger charge is -1.82. The summed E-state index contributed by atoms with van der Waals surface area (Å²) in [5, 5.41) is 30.2. The third kappa shape index (κ3) is 0.920. The molecule has 0 aromatic rings. The van der Waals surface area contributed by atoms with Crippen molar-refractivity contribution in [3.63, 3.8) is 0 Å². The predicted molar refractivity (Wildman–Crippen MR) is 37.3 cm³/mol. The predicted octanol–water partition coefficient (Wildman–Crippen LogP) is 0.0190. The van der Waals surface area contributed by atoms with Crippen molar-refractivity contribution < 1.29 is 0 Å². The molecule has 0 atom stereocenters. The minimum Gasteiger partial charge on any atom is -0.258 e. The molecule has 0 saturated carbocycles.